The lowest BCUT2D eigenvalue weighted by Gasteiger charge is -2.33. The molecule has 0 saturated carbocycles. The number of fused-ring (bicyclic) bond motifs is 2. The number of H-pyrrole nitrogens is 1. The van der Waals surface area contributed by atoms with E-state index < -0.39 is 11.5 Å². The highest BCUT2D eigenvalue weighted by molar-refractivity contribution is 5.92. The smallest absolute Gasteiger partial charge is 0.347 e. The van der Waals surface area contributed by atoms with Gasteiger partial charge in [-0.05, 0) is 43.0 Å². The van der Waals surface area contributed by atoms with Crippen LogP contribution < -0.4 is 15.9 Å². The largest absolute Gasteiger partial charge is 0.508 e. The van der Waals surface area contributed by atoms with E-state index in [2.05, 4.69) is 27.2 Å². The number of benzene rings is 1. The first-order valence-electron chi connectivity index (χ1n) is 10.1. The maximum atomic E-state index is 15.7. The zero-order valence-electron chi connectivity index (χ0n) is 16.6. The molecule has 8 heteroatoms. The molecule has 154 valence electrons. The topological polar surface area (TPSA) is 94.1 Å². The van der Waals surface area contributed by atoms with E-state index in [1.54, 1.807) is 12.3 Å². The number of anilines is 1. The van der Waals surface area contributed by atoms with Gasteiger partial charge in [0.25, 0.3) is 0 Å². The van der Waals surface area contributed by atoms with Gasteiger partial charge in [0.1, 0.15) is 17.3 Å². The molecule has 0 bridgehead atoms. The lowest BCUT2D eigenvalue weighted by Crippen LogP contribution is -2.50. The average Bonchev–Trinajstić information content (AvgIpc) is 2.73. The number of allylic oxidation sites excluding steroid dienone is 1. The predicted molar refractivity (Wildman–Crippen MR) is 114 cm³/mol. The second-order valence-electron chi connectivity index (χ2n) is 7.88. The highest BCUT2D eigenvalue weighted by atomic mass is 19.1. The first-order valence-corrected chi connectivity index (χ1v) is 10.1. The fraction of sp³-hybridized carbons (Fsp3) is 0.318. The van der Waals surface area contributed by atoms with Crippen molar-refractivity contribution in [1.29, 1.82) is 0 Å². The van der Waals surface area contributed by atoms with Gasteiger partial charge in [0.15, 0.2) is 5.82 Å². The molecule has 1 aliphatic carbocycles. The minimum Gasteiger partial charge on any atom is -0.508 e. The van der Waals surface area contributed by atoms with Crippen molar-refractivity contribution in [3.63, 3.8) is 0 Å². The molecule has 0 amide bonds. The summed E-state index contributed by atoms with van der Waals surface area (Å²) in [6, 6.07) is 3.46. The quantitative estimate of drug-likeness (QED) is 0.605. The van der Waals surface area contributed by atoms with Gasteiger partial charge in [-0.2, -0.15) is 4.98 Å². The van der Waals surface area contributed by atoms with Crippen molar-refractivity contribution in [3.05, 3.63) is 51.8 Å². The number of halogens is 1. The standard InChI is InChI=1S/C22H22FN5O2/c1-12-11-28(7-6-24-12)21-17-10-25-19(18(23)20(17)26-22(30)27-21)16-9-14(29)8-13-4-2-3-5-15(13)16/h3,5,8-10,12,24,29H,2,4,6-7,11H2,1H3,(H,26,27,30). The van der Waals surface area contributed by atoms with E-state index in [0.29, 0.717) is 29.9 Å². The highest BCUT2D eigenvalue weighted by Gasteiger charge is 2.24. The van der Waals surface area contributed by atoms with E-state index in [-0.39, 0.29) is 23.0 Å². The Balaban J connectivity index is 1.71. The molecular weight excluding hydrogens is 385 g/mol. The Morgan fingerprint density at radius 3 is 3.03 bits per heavy atom. The summed E-state index contributed by atoms with van der Waals surface area (Å²) in [4.78, 5) is 25.3. The van der Waals surface area contributed by atoms with Crippen LogP contribution in [0.25, 0.3) is 28.2 Å². The molecule has 0 spiro atoms. The van der Waals surface area contributed by atoms with E-state index in [1.807, 2.05) is 17.1 Å². The minimum absolute atomic E-state index is 0.0686. The van der Waals surface area contributed by atoms with Gasteiger partial charge in [-0.15, -0.1) is 0 Å². The average molecular weight is 407 g/mol. The molecule has 1 fully saturated rings. The molecule has 2 aliphatic rings. The van der Waals surface area contributed by atoms with Crippen LogP contribution in [-0.4, -0.2) is 45.7 Å². The van der Waals surface area contributed by atoms with Gasteiger partial charge in [-0.25, -0.2) is 9.18 Å². The van der Waals surface area contributed by atoms with E-state index in [0.717, 1.165) is 30.5 Å². The Morgan fingerprint density at radius 2 is 2.20 bits per heavy atom. The van der Waals surface area contributed by atoms with Crippen LogP contribution in [0.15, 0.2) is 29.2 Å². The molecule has 2 aromatic heterocycles. The first-order chi connectivity index (χ1) is 14.5. The summed E-state index contributed by atoms with van der Waals surface area (Å²) in [5.74, 6) is -0.111. The van der Waals surface area contributed by atoms with Crippen molar-refractivity contribution in [2.75, 3.05) is 24.5 Å². The molecule has 3 heterocycles. The summed E-state index contributed by atoms with van der Waals surface area (Å²) >= 11 is 0. The van der Waals surface area contributed by atoms with Crippen molar-refractivity contribution in [2.45, 2.75) is 25.8 Å². The normalized spacial score (nSPS) is 18.6. The second kappa shape index (κ2) is 7.21. The van der Waals surface area contributed by atoms with Gasteiger partial charge in [0.05, 0.1) is 10.9 Å². The summed E-state index contributed by atoms with van der Waals surface area (Å²) in [5.41, 5.74) is 1.89. The number of hydrogen-bond donors (Lipinski definition) is 3. The third-order valence-electron chi connectivity index (χ3n) is 5.74. The summed E-state index contributed by atoms with van der Waals surface area (Å²) in [6.07, 6.45) is 7.16. The van der Waals surface area contributed by atoms with E-state index in [9.17, 15) is 9.90 Å². The number of pyridine rings is 1. The fourth-order valence-electron chi connectivity index (χ4n) is 4.36. The second-order valence-corrected chi connectivity index (χ2v) is 7.88. The number of aromatic hydroxyl groups is 1. The summed E-state index contributed by atoms with van der Waals surface area (Å²) < 4.78 is 15.7. The lowest BCUT2D eigenvalue weighted by atomic mass is 9.91. The van der Waals surface area contributed by atoms with Crippen molar-refractivity contribution >= 4 is 22.8 Å². The number of hydrogen-bond acceptors (Lipinski definition) is 6. The Hall–Kier alpha value is -3.26. The number of nitrogens with zero attached hydrogens (tertiary/aromatic N) is 3. The van der Waals surface area contributed by atoms with Crippen molar-refractivity contribution in [1.82, 2.24) is 20.3 Å². The number of aromatic amines is 1. The van der Waals surface area contributed by atoms with Crippen LogP contribution in [0.4, 0.5) is 10.2 Å². The number of phenols is 1. The third-order valence-corrected chi connectivity index (χ3v) is 5.74. The maximum absolute atomic E-state index is 15.7. The lowest BCUT2D eigenvalue weighted by molar-refractivity contribution is 0.474. The highest BCUT2D eigenvalue weighted by Crippen LogP contribution is 2.36. The molecule has 3 N–H and O–H groups in total. The fourth-order valence-corrected chi connectivity index (χ4v) is 4.36. The molecule has 30 heavy (non-hydrogen) atoms. The molecule has 1 unspecified atom stereocenters. The van der Waals surface area contributed by atoms with E-state index in [1.165, 1.54) is 6.07 Å². The molecule has 1 aromatic carbocycles. The zero-order valence-corrected chi connectivity index (χ0v) is 16.6. The van der Waals surface area contributed by atoms with Crippen LogP contribution in [-0.2, 0) is 6.42 Å². The van der Waals surface area contributed by atoms with Crippen LogP contribution in [0.1, 0.15) is 24.5 Å². The Labute approximate surface area is 172 Å². The summed E-state index contributed by atoms with van der Waals surface area (Å²) in [7, 11) is 0. The number of phenolic OH excluding ortho intramolecular Hbond substituents is 1. The first kappa shape index (κ1) is 18.7. The zero-order chi connectivity index (χ0) is 20.8. The van der Waals surface area contributed by atoms with Crippen LogP contribution in [0.3, 0.4) is 0 Å². The SMILES string of the molecule is CC1CN(c2nc(=O)[nH]c3c(F)c(-c4cc(O)cc5c4C=CCC5)ncc23)CCN1. The van der Waals surface area contributed by atoms with Gasteiger partial charge in [-0.1, -0.05) is 12.2 Å². The molecule has 1 aliphatic heterocycles. The van der Waals surface area contributed by atoms with Crippen LogP contribution in [0.5, 0.6) is 5.75 Å². The third kappa shape index (κ3) is 3.13. The molecule has 7 nitrogen and oxygen atoms in total. The van der Waals surface area contributed by atoms with Crippen LogP contribution in [0.2, 0.25) is 0 Å². The van der Waals surface area contributed by atoms with E-state index in [4.69, 9.17) is 0 Å². The number of rotatable bonds is 2. The number of piperazine rings is 1. The Bertz CT molecular complexity index is 1240. The Kier molecular flexibility index (Phi) is 4.51. The number of nitrogens with one attached hydrogen (secondary N) is 2. The van der Waals surface area contributed by atoms with Gasteiger partial charge in [0.2, 0.25) is 0 Å². The van der Waals surface area contributed by atoms with Crippen LogP contribution >= 0.6 is 0 Å². The summed E-state index contributed by atoms with van der Waals surface area (Å²) in [6.45, 7) is 4.15. The van der Waals surface area contributed by atoms with Gasteiger partial charge in [-0.3, -0.25) is 4.98 Å². The summed E-state index contributed by atoms with van der Waals surface area (Å²) in [5, 5.41) is 14.0. The molecule has 5 rings (SSSR count). The number of aromatic nitrogens is 3. The predicted octanol–water partition coefficient (Wildman–Crippen LogP) is 2.59. The van der Waals surface area contributed by atoms with Crippen molar-refractivity contribution in [3.8, 4) is 17.0 Å². The minimum atomic E-state index is -0.622. The van der Waals surface area contributed by atoms with Gasteiger partial charge in [0, 0.05) is 37.4 Å². The van der Waals surface area contributed by atoms with Crippen molar-refractivity contribution < 1.29 is 9.50 Å². The molecular formula is C22H22FN5O2. The molecule has 1 atom stereocenters. The van der Waals surface area contributed by atoms with Gasteiger partial charge < -0.3 is 20.3 Å². The molecule has 1 saturated heterocycles. The number of aryl methyl sites for hydroxylation is 1. The maximum Gasteiger partial charge on any atom is 0.347 e. The molecule has 0 radical (unpaired) electrons. The van der Waals surface area contributed by atoms with Crippen molar-refractivity contribution in [2.24, 2.45) is 0 Å². The Morgan fingerprint density at radius 1 is 1.33 bits per heavy atom. The van der Waals surface area contributed by atoms with Gasteiger partial charge >= 0.3 is 5.69 Å². The van der Waals surface area contributed by atoms with E-state index >= 15 is 4.39 Å². The van der Waals surface area contributed by atoms with Crippen LogP contribution in [0, 0.1) is 5.82 Å². The molecule has 3 aromatic rings. The monoisotopic (exact) mass is 407 g/mol.